The van der Waals surface area contributed by atoms with Crippen molar-refractivity contribution in [3.63, 3.8) is 0 Å². The highest BCUT2D eigenvalue weighted by Gasteiger charge is 2.09. The van der Waals surface area contributed by atoms with Gasteiger partial charge in [-0.3, -0.25) is 5.32 Å². The lowest BCUT2D eigenvalue weighted by molar-refractivity contribution is 0.261. The fourth-order valence-corrected chi connectivity index (χ4v) is 1.44. The summed E-state index contributed by atoms with van der Waals surface area (Å²) in [6, 6.07) is 4.87. The molecule has 0 radical (unpaired) electrons. The molecule has 0 saturated heterocycles. The van der Waals surface area contributed by atoms with Crippen molar-refractivity contribution in [3.05, 3.63) is 40.9 Å². The molecule has 5 nitrogen and oxygen atoms in total. The summed E-state index contributed by atoms with van der Waals surface area (Å²) in [6.07, 6.45) is 0. The van der Waals surface area contributed by atoms with Crippen molar-refractivity contribution in [2.24, 2.45) is 0 Å². The molecule has 7 heteroatoms. The number of halogens is 2. The molecule has 0 saturated carbocycles. The first-order chi connectivity index (χ1) is 8.54. The summed E-state index contributed by atoms with van der Waals surface area (Å²) in [5.74, 6) is 0.191. The van der Waals surface area contributed by atoms with Crippen LogP contribution >= 0.6 is 11.6 Å². The molecular weight excluding hydrogens is 261 g/mol. The van der Waals surface area contributed by atoms with Crippen molar-refractivity contribution in [1.29, 1.82) is 0 Å². The van der Waals surface area contributed by atoms with Gasteiger partial charge in [0, 0.05) is 11.1 Å². The molecule has 1 aromatic carbocycles. The van der Waals surface area contributed by atoms with E-state index in [-0.39, 0.29) is 16.5 Å². The van der Waals surface area contributed by atoms with E-state index in [1.54, 1.807) is 6.92 Å². The highest BCUT2D eigenvalue weighted by Crippen LogP contribution is 2.19. The smallest absolute Gasteiger partial charge is 0.325 e. The number of hydrogen-bond donors (Lipinski definition) is 2. The average Bonchev–Trinajstić information content (AvgIpc) is 2.68. The number of nitrogens with zero attached hydrogens (tertiary/aromatic N) is 1. The van der Waals surface area contributed by atoms with Crippen LogP contribution < -0.4 is 10.6 Å². The fraction of sp³-hybridized carbons (Fsp3) is 0.0909. The van der Waals surface area contributed by atoms with Crippen LogP contribution in [0.2, 0.25) is 5.02 Å². The van der Waals surface area contributed by atoms with Gasteiger partial charge in [0.05, 0.1) is 5.69 Å². The van der Waals surface area contributed by atoms with E-state index in [1.807, 2.05) is 0 Å². The van der Waals surface area contributed by atoms with Crippen molar-refractivity contribution >= 4 is 29.1 Å². The monoisotopic (exact) mass is 269 g/mol. The van der Waals surface area contributed by atoms with Gasteiger partial charge in [-0.1, -0.05) is 16.8 Å². The number of carbonyl (C=O) groups is 1. The molecule has 0 bridgehead atoms. The van der Waals surface area contributed by atoms with Crippen molar-refractivity contribution in [1.82, 2.24) is 5.16 Å². The van der Waals surface area contributed by atoms with E-state index in [0.717, 1.165) is 6.07 Å². The predicted octanol–water partition coefficient (Wildman–Crippen LogP) is 3.42. The Hall–Kier alpha value is -2.08. The van der Waals surface area contributed by atoms with E-state index in [0.29, 0.717) is 5.76 Å². The Morgan fingerprint density at radius 2 is 2.17 bits per heavy atom. The number of carbonyl (C=O) groups excluding carboxylic acids is 1. The van der Waals surface area contributed by atoms with Gasteiger partial charge < -0.3 is 9.84 Å². The summed E-state index contributed by atoms with van der Waals surface area (Å²) >= 11 is 5.60. The molecule has 1 aromatic heterocycles. The highest BCUT2D eigenvalue weighted by atomic mass is 35.5. The molecule has 2 N–H and O–H groups in total. The third-order valence-corrected chi connectivity index (χ3v) is 2.28. The summed E-state index contributed by atoms with van der Waals surface area (Å²) < 4.78 is 18.2. The lowest BCUT2D eigenvalue weighted by Crippen LogP contribution is -2.20. The van der Waals surface area contributed by atoms with Crippen LogP contribution in [0, 0.1) is 12.7 Å². The molecule has 0 atom stereocenters. The third-order valence-electron chi connectivity index (χ3n) is 2.05. The zero-order valence-electron chi connectivity index (χ0n) is 9.33. The van der Waals surface area contributed by atoms with Gasteiger partial charge in [-0.2, -0.15) is 0 Å². The number of rotatable bonds is 2. The maximum atomic E-state index is 13.4. The number of amides is 2. The van der Waals surface area contributed by atoms with Crippen LogP contribution in [0.15, 0.2) is 28.8 Å². The molecule has 1 heterocycles. The van der Waals surface area contributed by atoms with Gasteiger partial charge >= 0.3 is 6.03 Å². The summed E-state index contributed by atoms with van der Waals surface area (Å²) in [7, 11) is 0. The molecular formula is C11H9ClFN3O2. The second kappa shape index (κ2) is 5.05. The quantitative estimate of drug-likeness (QED) is 0.878. The predicted molar refractivity (Wildman–Crippen MR) is 65.3 cm³/mol. The van der Waals surface area contributed by atoms with Gasteiger partial charge in [-0.05, 0) is 25.1 Å². The molecule has 2 amide bonds. The molecule has 2 rings (SSSR count). The third kappa shape index (κ3) is 2.98. The van der Waals surface area contributed by atoms with Gasteiger partial charge in [0.25, 0.3) is 0 Å². The van der Waals surface area contributed by atoms with Crippen molar-refractivity contribution in [2.45, 2.75) is 6.92 Å². The largest absolute Gasteiger partial charge is 0.360 e. The summed E-state index contributed by atoms with van der Waals surface area (Å²) in [5, 5.41) is 8.56. The first-order valence-electron chi connectivity index (χ1n) is 5.01. The van der Waals surface area contributed by atoms with Gasteiger partial charge in [-0.25, -0.2) is 9.18 Å². The van der Waals surface area contributed by atoms with Crippen molar-refractivity contribution in [2.75, 3.05) is 10.6 Å². The van der Waals surface area contributed by atoms with E-state index in [2.05, 4.69) is 15.8 Å². The summed E-state index contributed by atoms with van der Waals surface area (Å²) in [5.41, 5.74) is 0.0251. The zero-order valence-corrected chi connectivity index (χ0v) is 10.1. The Morgan fingerprint density at radius 3 is 2.78 bits per heavy atom. The van der Waals surface area contributed by atoms with Gasteiger partial charge in [0.2, 0.25) is 0 Å². The van der Waals surface area contributed by atoms with Crippen LogP contribution in [0.5, 0.6) is 0 Å². The Bertz CT molecular complexity index is 585. The number of benzene rings is 1. The summed E-state index contributed by atoms with van der Waals surface area (Å²) in [4.78, 5) is 11.5. The van der Waals surface area contributed by atoms with Crippen LogP contribution in [0.3, 0.4) is 0 Å². The van der Waals surface area contributed by atoms with Crippen molar-refractivity contribution < 1.29 is 13.7 Å². The number of anilines is 2. The lowest BCUT2D eigenvalue weighted by atomic mass is 10.3. The first-order valence-corrected chi connectivity index (χ1v) is 5.39. The van der Waals surface area contributed by atoms with Crippen molar-refractivity contribution in [3.8, 4) is 0 Å². The minimum absolute atomic E-state index is 0.0251. The minimum atomic E-state index is -0.621. The standard InChI is InChI=1S/C11H9ClFN3O2/c1-6-4-10(16-18-6)15-11(17)14-9-3-2-7(12)5-8(9)13/h2-5H,1H3,(H2,14,15,16,17). The second-order valence-corrected chi connectivity index (χ2v) is 3.96. The maximum absolute atomic E-state index is 13.4. The number of nitrogens with one attached hydrogen (secondary N) is 2. The number of aryl methyl sites for hydroxylation is 1. The van der Waals surface area contributed by atoms with Crippen LogP contribution in [-0.2, 0) is 0 Å². The lowest BCUT2D eigenvalue weighted by Gasteiger charge is -2.06. The number of hydrogen-bond acceptors (Lipinski definition) is 3. The van der Waals surface area contributed by atoms with Crippen LogP contribution in [0.1, 0.15) is 5.76 Å². The molecule has 0 fully saturated rings. The van der Waals surface area contributed by atoms with E-state index >= 15 is 0 Å². The molecule has 0 aliphatic rings. The average molecular weight is 270 g/mol. The van der Waals surface area contributed by atoms with Gasteiger partial charge in [0.1, 0.15) is 11.6 Å². The number of aromatic nitrogens is 1. The topological polar surface area (TPSA) is 67.2 Å². The van der Waals surface area contributed by atoms with Gasteiger partial charge in [0.15, 0.2) is 5.82 Å². The molecule has 0 spiro atoms. The Morgan fingerprint density at radius 1 is 1.39 bits per heavy atom. The molecule has 0 unspecified atom stereocenters. The Kier molecular flexibility index (Phi) is 3.47. The Labute approximate surface area is 107 Å². The van der Waals surface area contributed by atoms with Crippen LogP contribution in [0.4, 0.5) is 20.7 Å². The molecule has 0 aliphatic carbocycles. The second-order valence-electron chi connectivity index (χ2n) is 3.53. The fourth-order valence-electron chi connectivity index (χ4n) is 1.29. The van der Waals surface area contributed by atoms with E-state index < -0.39 is 11.8 Å². The highest BCUT2D eigenvalue weighted by molar-refractivity contribution is 6.30. The summed E-state index contributed by atoms with van der Waals surface area (Å²) in [6.45, 7) is 1.69. The van der Waals surface area contributed by atoms with E-state index in [1.165, 1.54) is 18.2 Å². The Balaban J connectivity index is 2.03. The van der Waals surface area contributed by atoms with Crippen LogP contribution in [-0.4, -0.2) is 11.2 Å². The minimum Gasteiger partial charge on any atom is -0.360 e. The maximum Gasteiger partial charge on any atom is 0.325 e. The van der Waals surface area contributed by atoms with Crippen LogP contribution in [0.25, 0.3) is 0 Å². The zero-order chi connectivity index (χ0) is 13.1. The molecule has 2 aromatic rings. The first kappa shape index (κ1) is 12.4. The molecule has 94 valence electrons. The number of urea groups is 1. The normalized spacial score (nSPS) is 10.2. The SMILES string of the molecule is Cc1cc(NC(=O)Nc2ccc(Cl)cc2F)no1. The molecule has 0 aliphatic heterocycles. The van der Waals surface area contributed by atoms with E-state index in [4.69, 9.17) is 16.1 Å². The molecule has 18 heavy (non-hydrogen) atoms. The van der Waals surface area contributed by atoms with E-state index in [9.17, 15) is 9.18 Å². The van der Waals surface area contributed by atoms with Gasteiger partial charge in [-0.15, -0.1) is 0 Å².